The zero-order valence-electron chi connectivity index (χ0n) is 13.8. The Kier molecular flexibility index (Phi) is 9.13. The van der Waals surface area contributed by atoms with Gasteiger partial charge in [-0.3, -0.25) is 4.99 Å². The number of piperazine rings is 1. The Morgan fingerprint density at radius 2 is 2.17 bits per heavy atom. The lowest BCUT2D eigenvalue weighted by atomic mass is 10.3. The number of rotatable bonds is 4. The Morgan fingerprint density at radius 3 is 2.75 bits per heavy atom. The summed E-state index contributed by atoms with van der Waals surface area (Å²) in [6, 6.07) is 0. The second-order valence-electron chi connectivity index (χ2n) is 4.93. The van der Waals surface area contributed by atoms with Crippen LogP contribution in [0.5, 0.6) is 5.88 Å². The molecule has 1 aromatic rings. The second kappa shape index (κ2) is 10.6. The summed E-state index contributed by atoms with van der Waals surface area (Å²) in [5, 5.41) is 3.28. The van der Waals surface area contributed by atoms with Crippen molar-refractivity contribution in [1.29, 1.82) is 0 Å². The topological polar surface area (TPSA) is 65.9 Å². The average molecular weight is 509 g/mol. The fourth-order valence-electron chi connectivity index (χ4n) is 2.34. The van der Waals surface area contributed by atoms with Crippen LogP contribution in [0.1, 0.15) is 6.42 Å². The molecule has 1 aliphatic rings. The van der Waals surface area contributed by atoms with Crippen LogP contribution in [-0.4, -0.2) is 67.7 Å². The SMILES string of the molecule is C#CCCNC(=NC)N1CCN(c2ncc(Br)c(OC)n2)CC1.I. The van der Waals surface area contributed by atoms with Crippen LogP contribution >= 0.6 is 39.9 Å². The zero-order chi connectivity index (χ0) is 16.7. The molecule has 1 N–H and O–H groups in total. The molecule has 0 spiro atoms. The highest BCUT2D eigenvalue weighted by atomic mass is 127. The third-order valence-corrected chi connectivity index (χ3v) is 4.06. The van der Waals surface area contributed by atoms with Crippen molar-refractivity contribution >= 4 is 51.8 Å². The summed E-state index contributed by atoms with van der Waals surface area (Å²) in [4.78, 5) is 17.4. The van der Waals surface area contributed by atoms with E-state index in [1.54, 1.807) is 20.4 Å². The first kappa shape index (κ1) is 20.8. The number of hydrogen-bond donors (Lipinski definition) is 1. The molecule has 132 valence electrons. The monoisotopic (exact) mass is 508 g/mol. The fourth-order valence-corrected chi connectivity index (χ4v) is 2.69. The molecule has 2 rings (SSSR count). The van der Waals surface area contributed by atoms with E-state index in [9.17, 15) is 0 Å². The van der Waals surface area contributed by atoms with Gasteiger partial charge < -0.3 is 19.9 Å². The maximum Gasteiger partial charge on any atom is 0.232 e. The number of guanidine groups is 1. The minimum Gasteiger partial charge on any atom is -0.480 e. The van der Waals surface area contributed by atoms with Crippen LogP contribution in [0.25, 0.3) is 0 Å². The van der Waals surface area contributed by atoms with Crippen molar-refractivity contribution in [3.05, 3.63) is 10.7 Å². The number of ether oxygens (including phenoxy) is 1. The normalized spacial score (nSPS) is 14.7. The third-order valence-electron chi connectivity index (χ3n) is 3.52. The highest BCUT2D eigenvalue weighted by Crippen LogP contribution is 2.23. The summed E-state index contributed by atoms with van der Waals surface area (Å²) in [7, 11) is 3.38. The Balaban J connectivity index is 0.00000288. The third kappa shape index (κ3) is 5.37. The van der Waals surface area contributed by atoms with Crippen LogP contribution in [0.2, 0.25) is 0 Å². The lowest BCUT2D eigenvalue weighted by Crippen LogP contribution is -2.53. The quantitative estimate of drug-likeness (QED) is 0.219. The predicted molar refractivity (Wildman–Crippen MR) is 110 cm³/mol. The second-order valence-corrected chi connectivity index (χ2v) is 5.78. The highest BCUT2D eigenvalue weighted by molar-refractivity contribution is 14.0. The predicted octanol–water partition coefficient (Wildman–Crippen LogP) is 1.59. The molecule has 2 heterocycles. The maximum absolute atomic E-state index is 5.27. The first-order valence-electron chi connectivity index (χ1n) is 7.40. The summed E-state index contributed by atoms with van der Waals surface area (Å²) >= 11 is 3.37. The number of halogens is 2. The molecular formula is C15H22BrIN6O. The average Bonchev–Trinajstić information content (AvgIpc) is 2.59. The largest absolute Gasteiger partial charge is 0.480 e. The van der Waals surface area contributed by atoms with E-state index in [1.165, 1.54) is 0 Å². The Hall–Kier alpha value is -1.28. The van der Waals surface area contributed by atoms with Crippen molar-refractivity contribution in [3.63, 3.8) is 0 Å². The number of nitrogens with zero attached hydrogens (tertiary/aromatic N) is 5. The van der Waals surface area contributed by atoms with E-state index in [1.807, 2.05) is 0 Å². The van der Waals surface area contributed by atoms with Crippen LogP contribution in [-0.2, 0) is 0 Å². The van der Waals surface area contributed by atoms with Crippen molar-refractivity contribution in [3.8, 4) is 18.2 Å². The molecule has 0 unspecified atom stereocenters. The molecule has 1 aromatic heterocycles. The molecule has 1 fully saturated rings. The van der Waals surface area contributed by atoms with Crippen LogP contribution in [0.15, 0.2) is 15.7 Å². The summed E-state index contributed by atoms with van der Waals surface area (Å²) in [5.74, 6) is 4.73. The van der Waals surface area contributed by atoms with Gasteiger partial charge in [0.05, 0.1) is 17.8 Å². The highest BCUT2D eigenvalue weighted by Gasteiger charge is 2.21. The van der Waals surface area contributed by atoms with E-state index in [0.29, 0.717) is 18.2 Å². The van der Waals surface area contributed by atoms with E-state index in [-0.39, 0.29) is 24.0 Å². The van der Waals surface area contributed by atoms with Crippen LogP contribution in [0, 0.1) is 12.3 Å². The summed E-state index contributed by atoms with van der Waals surface area (Å²) in [6.45, 7) is 4.06. The van der Waals surface area contributed by atoms with Gasteiger partial charge in [-0.15, -0.1) is 36.3 Å². The van der Waals surface area contributed by atoms with Gasteiger partial charge in [0, 0.05) is 46.2 Å². The lowest BCUT2D eigenvalue weighted by molar-refractivity contribution is 0.366. The fraction of sp³-hybridized carbons (Fsp3) is 0.533. The van der Waals surface area contributed by atoms with Crippen LogP contribution in [0.3, 0.4) is 0 Å². The van der Waals surface area contributed by atoms with E-state index in [0.717, 1.165) is 43.2 Å². The Morgan fingerprint density at radius 1 is 1.46 bits per heavy atom. The maximum atomic E-state index is 5.27. The number of anilines is 1. The Bertz CT molecular complexity index is 598. The number of aliphatic imine (C=N–C) groups is 1. The molecule has 0 amide bonds. The van der Waals surface area contributed by atoms with Gasteiger partial charge in [0.1, 0.15) is 0 Å². The van der Waals surface area contributed by atoms with Crippen molar-refractivity contribution in [2.45, 2.75) is 6.42 Å². The van der Waals surface area contributed by atoms with Crippen molar-refractivity contribution < 1.29 is 4.74 Å². The van der Waals surface area contributed by atoms with Gasteiger partial charge in [-0.25, -0.2) is 4.98 Å². The van der Waals surface area contributed by atoms with Crippen molar-refractivity contribution in [2.24, 2.45) is 4.99 Å². The number of terminal acetylenes is 1. The summed E-state index contributed by atoms with van der Waals surface area (Å²) in [5.41, 5.74) is 0. The summed E-state index contributed by atoms with van der Waals surface area (Å²) < 4.78 is 5.98. The molecule has 7 nitrogen and oxygen atoms in total. The first-order valence-corrected chi connectivity index (χ1v) is 8.19. The molecule has 0 atom stereocenters. The van der Waals surface area contributed by atoms with Crippen molar-refractivity contribution in [2.75, 3.05) is 51.8 Å². The molecule has 0 aliphatic carbocycles. The van der Waals surface area contributed by atoms with Gasteiger partial charge in [-0.05, 0) is 15.9 Å². The number of methoxy groups -OCH3 is 1. The van der Waals surface area contributed by atoms with Gasteiger partial charge in [0.15, 0.2) is 5.96 Å². The van der Waals surface area contributed by atoms with E-state index >= 15 is 0 Å². The van der Waals surface area contributed by atoms with Gasteiger partial charge in [0.2, 0.25) is 11.8 Å². The van der Waals surface area contributed by atoms with E-state index in [2.05, 4.69) is 51.9 Å². The van der Waals surface area contributed by atoms with Crippen molar-refractivity contribution in [1.82, 2.24) is 20.2 Å². The number of aromatic nitrogens is 2. The van der Waals surface area contributed by atoms with Gasteiger partial charge in [-0.2, -0.15) is 4.98 Å². The number of nitrogens with one attached hydrogen (secondary N) is 1. The van der Waals surface area contributed by atoms with E-state index in [4.69, 9.17) is 11.2 Å². The van der Waals surface area contributed by atoms with E-state index < -0.39 is 0 Å². The summed E-state index contributed by atoms with van der Waals surface area (Å²) in [6.07, 6.45) is 7.68. The molecule has 24 heavy (non-hydrogen) atoms. The smallest absolute Gasteiger partial charge is 0.232 e. The van der Waals surface area contributed by atoms with Crippen LogP contribution in [0.4, 0.5) is 5.95 Å². The molecule has 0 saturated carbocycles. The van der Waals surface area contributed by atoms with Gasteiger partial charge in [0.25, 0.3) is 0 Å². The van der Waals surface area contributed by atoms with Gasteiger partial charge in [-0.1, -0.05) is 0 Å². The minimum atomic E-state index is 0. The molecule has 0 aromatic carbocycles. The standard InChI is InChI=1S/C15H21BrN6O.HI/c1-4-5-6-18-14(17-2)21-7-9-22(10-8-21)15-19-11-12(16)13(20-15)23-3;/h1,11H,5-10H2,2-3H3,(H,17,18);1H. The van der Waals surface area contributed by atoms with Crippen LogP contribution < -0.4 is 15.0 Å². The zero-order valence-corrected chi connectivity index (χ0v) is 17.7. The first-order chi connectivity index (χ1) is 11.2. The molecule has 9 heteroatoms. The molecule has 1 saturated heterocycles. The lowest BCUT2D eigenvalue weighted by Gasteiger charge is -2.36. The number of hydrogen-bond acceptors (Lipinski definition) is 5. The molecule has 0 bridgehead atoms. The van der Waals surface area contributed by atoms with Gasteiger partial charge >= 0.3 is 0 Å². The molecule has 0 radical (unpaired) electrons. The minimum absolute atomic E-state index is 0. The molecule has 1 aliphatic heterocycles. The Labute approximate surface area is 168 Å². The molecular weight excluding hydrogens is 487 g/mol.